The Balaban J connectivity index is 1.21. The summed E-state index contributed by atoms with van der Waals surface area (Å²) in [5.41, 5.74) is 12.6. The largest absolute Gasteiger partial charge is 0.456 e. The number of para-hydroxylation sites is 2. The highest BCUT2D eigenvalue weighted by atomic mass is 16.3. The fraction of sp³-hybridized carbons (Fsp3) is 0.0196. The first kappa shape index (κ1) is 32.4. The quantitative estimate of drug-likeness (QED) is 0.166. The van der Waals surface area contributed by atoms with Crippen LogP contribution in [-0.2, 0) is 0 Å². The molecule has 260 valence electrons. The lowest BCUT2D eigenvalue weighted by Crippen LogP contribution is -1.97. The van der Waals surface area contributed by atoms with Crippen LogP contribution in [0, 0.1) is 0 Å². The van der Waals surface area contributed by atoms with Gasteiger partial charge in [0.25, 0.3) is 0 Å². The van der Waals surface area contributed by atoms with Crippen molar-refractivity contribution in [3.63, 3.8) is 0 Å². The average molecular weight is 707 g/mol. The van der Waals surface area contributed by atoms with Gasteiger partial charge in [-0.1, -0.05) is 122 Å². The standard InChI is InChI=1S/C51H34N2O2/c1-3-47-43(41-19-9-11-22-48(41)54-47)26-32(2)36-27-37(35-24-25-50-44(30-35)42-20-10-12-23-49(42)55-50)29-38(28-36)45-31-46(53-51(52-45)34-15-5-4-6-16-34)40-21-13-17-33-14-7-8-18-39(33)40/h3-31H,1H2,2H3/b32-26+. The number of furan rings is 2. The number of hydrogen-bond donors (Lipinski definition) is 0. The minimum Gasteiger partial charge on any atom is -0.456 e. The van der Waals surface area contributed by atoms with Crippen molar-refractivity contribution < 1.29 is 8.83 Å². The third-order valence-electron chi connectivity index (χ3n) is 10.4. The van der Waals surface area contributed by atoms with Crippen molar-refractivity contribution in [1.29, 1.82) is 0 Å². The van der Waals surface area contributed by atoms with Gasteiger partial charge in [-0.2, -0.15) is 0 Å². The van der Waals surface area contributed by atoms with Gasteiger partial charge < -0.3 is 8.83 Å². The fourth-order valence-corrected chi connectivity index (χ4v) is 7.66. The number of rotatable bonds is 7. The Morgan fingerprint density at radius 3 is 2.02 bits per heavy atom. The highest BCUT2D eigenvalue weighted by molar-refractivity contribution is 6.06. The first-order chi connectivity index (χ1) is 27.1. The van der Waals surface area contributed by atoms with E-state index < -0.39 is 0 Å². The van der Waals surface area contributed by atoms with Gasteiger partial charge in [-0.25, -0.2) is 9.97 Å². The van der Waals surface area contributed by atoms with Crippen LogP contribution in [-0.4, -0.2) is 9.97 Å². The summed E-state index contributed by atoms with van der Waals surface area (Å²) in [6.07, 6.45) is 3.99. The molecule has 3 aromatic heterocycles. The van der Waals surface area contributed by atoms with Gasteiger partial charge in [0.1, 0.15) is 22.5 Å². The highest BCUT2D eigenvalue weighted by Crippen LogP contribution is 2.38. The number of allylic oxidation sites excluding steroid dienone is 1. The lowest BCUT2D eigenvalue weighted by Gasteiger charge is -2.14. The van der Waals surface area contributed by atoms with Crippen molar-refractivity contribution in [1.82, 2.24) is 9.97 Å². The number of nitrogens with zero attached hydrogens (tertiary/aromatic N) is 2. The molecule has 0 N–H and O–H groups in total. The van der Waals surface area contributed by atoms with Crippen LogP contribution < -0.4 is 0 Å². The van der Waals surface area contributed by atoms with E-state index in [-0.39, 0.29) is 0 Å². The second kappa shape index (κ2) is 13.3. The molecule has 0 atom stereocenters. The van der Waals surface area contributed by atoms with E-state index in [0.29, 0.717) is 5.82 Å². The summed E-state index contributed by atoms with van der Waals surface area (Å²) in [7, 11) is 0. The van der Waals surface area contributed by atoms with Crippen LogP contribution in [0.25, 0.3) is 106 Å². The van der Waals surface area contributed by atoms with Crippen molar-refractivity contribution >= 4 is 61.4 Å². The Morgan fingerprint density at radius 2 is 1.18 bits per heavy atom. The van der Waals surface area contributed by atoms with Crippen molar-refractivity contribution in [2.45, 2.75) is 6.92 Å². The van der Waals surface area contributed by atoms with E-state index in [1.807, 2.05) is 48.5 Å². The van der Waals surface area contributed by atoms with Gasteiger partial charge >= 0.3 is 0 Å². The summed E-state index contributed by atoms with van der Waals surface area (Å²) < 4.78 is 12.4. The van der Waals surface area contributed by atoms with E-state index in [1.54, 1.807) is 6.08 Å². The summed E-state index contributed by atoms with van der Waals surface area (Å²) in [6, 6.07) is 56.7. The van der Waals surface area contributed by atoms with Gasteiger partial charge in [0.15, 0.2) is 5.82 Å². The van der Waals surface area contributed by atoms with Crippen LogP contribution in [0.2, 0.25) is 0 Å². The second-order valence-electron chi connectivity index (χ2n) is 13.9. The molecule has 0 radical (unpaired) electrons. The van der Waals surface area contributed by atoms with Crippen molar-refractivity contribution in [3.8, 4) is 45.0 Å². The third-order valence-corrected chi connectivity index (χ3v) is 10.4. The molecule has 0 fully saturated rings. The Labute approximate surface area is 318 Å². The van der Waals surface area contributed by atoms with Crippen molar-refractivity contribution in [3.05, 3.63) is 187 Å². The lowest BCUT2D eigenvalue weighted by molar-refractivity contribution is 0.603. The molecule has 0 amide bonds. The van der Waals surface area contributed by atoms with Gasteiger partial charge in [-0.15, -0.1) is 0 Å². The summed E-state index contributed by atoms with van der Waals surface area (Å²) in [6.45, 7) is 6.21. The molecule has 7 aromatic carbocycles. The van der Waals surface area contributed by atoms with Crippen molar-refractivity contribution in [2.75, 3.05) is 0 Å². The smallest absolute Gasteiger partial charge is 0.160 e. The number of aromatic nitrogens is 2. The first-order valence-electron chi connectivity index (χ1n) is 18.4. The summed E-state index contributed by atoms with van der Waals surface area (Å²) in [5, 5.41) is 5.54. The summed E-state index contributed by atoms with van der Waals surface area (Å²) in [4.78, 5) is 10.5. The zero-order valence-corrected chi connectivity index (χ0v) is 30.2. The highest BCUT2D eigenvalue weighted by Gasteiger charge is 2.17. The first-order valence-corrected chi connectivity index (χ1v) is 18.4. The zero-order chi connectivity index (χ0) is 36.9. The van der Waals surface area contributed by atoms with E-state index in [0.717, 1.165) is 100.0 Å². The predicted octanol–water partition coefficient (Wildman–Crippen LogP) is 14.1. The maximum Gasteiger partial charge on any atom is 0.160 e. The van der Waals surface area contributed by atoms with Crippen LogP contribution in [0.3, 0.4) is 0 Å². The van der Waals surface area contributed by atoms with Crippen LogP contribution in [0.5, 0.6) is 0 Å². The molecule has 0 aliphatic carbocycles. The number of benzene rings is 7. The number of hydrogen-bond acceptors (Lipinski definition) is 4. The van der Waals surface area contributed by atoms with E-state index in [4.69, 9.17) is 18.8 Å². The van der Waals surface area contributed by atoms with Crippen LogP contribution in [0.4, 0.5) is 0 Å². The summed E-state index contributed by atoms with van der Waals surface area (Å²) >= 11 is 0. The Morgan fingerprint density at radius 1 is 0.509 bits per heavy atom. The van der Waals surface area contributed by atoms with Gasteiger partial charge in [-0.05, 0) is 101 Å². The third kappa shape index (κ3) is 5.81. The monoisotopic (exact) mass is 706 g/mol. The van der Waals surface area contributed by atoms with E-state index in [1.165, 1.54) is 5.39 Å². The molecule has 4 nitrogen and oxygen atoms in total. The Hall–Kier alpha value is -7.30. The van der Waals surface area contributed by atoms with Crippen LogP contribution in [0.1, 0.15) is 23.8 Å². The van der Waals surface area contributed by atoms with Crippen LogP contribution >= 0.6 is 0 Å². The van der Waals surface area contributed by atoms with Gasteiger partial charge in [0.2, 0.25) is 0 Å². The SMILES string of the molecule is C=Cc1oc2ccccc2c1/C=C(\C)c1cc(-c2ccc3oc4ccccc4c3c2)cc(-c2cc(-c3cccc4ccccc34)nc(-c3ccccc3)n2)c1. The molecule has 0 saturated heterocycles. The lowest BCUT2D eigenvalue weighted by atomic mass is 9.93. The molecule has 0 aliphatic heterocycles. The molecular weight excluding hydrogens is 673 g/mol. The van der Waals surface area contributed by atoms with E-state index in [2.05, 4.69) is 135 Å². The van der Waals surface area contributed by atoms with Gasteiger partial charge in [0, 0.05) is 38.4 Å². The molecule has 10 aromatic rings. The minimum absolute atomic E-state index is 0.673. The van der Waals surface area contributed by atoms with Crippen molar-refractivity contribution in [2.24, 2.45) is 0 Å². The molecular formula is C51H34N2O2. The molecule has 0 bridgehead atoms. The van der Waals surface area contributed by atoms with E-state index >= 15 is 0 Å². The molecule has 3 heterocycles. The molecule has 10 rings (SSSR count). The molecule has 4 heteroatoms. The maximum absolute atomic E-state index is 6.21. The van der Waals surface area contributed by atoms with Crippen LogP contribution in [0.15, 0.2) is 179 Å². The fourth-order valence-electron chi connectivity index (χ4n) is 7.66. The minimum atomic E-state index is 0.673. The Kier molecular flexibility index (Phi) is 7.81. The van der Waals surface area contributed by atoms with Gasteiger partial charge in [-0.3, -0.25) is 0 Å². The summed E-state index contributed by atoms with van der Waals surface area (Å²) in [5.74, 6) is 1.42. The molecule has 55 heavy (non-hydrogen) atoms. The predicted molar refractivity (Wildman–Crippen MR) is 228 cm³/mol. The molecule has 0 unspecified atom stereocenters. The number of fused-ring (bicyclic) bond motifs is 5. The maximum atomic E-state index is 6.21. The molecule has 0 saturated carbocycles. The normalized spacial score (nSPS) is 11.9. The second-order valence-corrected chi connectivity index (χ2v) is 13.9. The van der Waals surface area contributed by atoms with Gasteiger partial charge in [0.05, 0.1) is 11.4 Å². The van der Waals surface area contributed by atoms with E-state index in [9.17, 15) is 0 Å². The Bertz CT molecular complexity index is 3120. The average Bonchev–Trinajstić information content (AvgIpc) is 3.81. The topological polar surface area (TPSA) is 52.1 Å². The zero-order valence-electron chi connectivity index (χ0n) is 30.2. The molecule has 0 aliphatic rings. The molecule has 0 spiro atoms.